The van der Waals surface area contributed by atoms with Crippen molar-refractivity contribution in [2.24, 2.45) is 0 Å². The van der Waals surface area contributed by atoms with Crippen molar-refractivity contribution < 1.29 is 25.2 Å². The van der Waals surface area contributed by atoms with Crippen molar-refractivity contribution in [2.45, 2.75) is 0 Å². The van der Waals surface area contributed by atoms with Crippen molar-refractivity contribution in [1.82, 2.24) is 0 Å². The number of hydrogen-bond donors (Lipinski definition) is 0. The monoisotopic (exact) mass is 229 g/mol. The predicted molar refractivity (Wildman–Crippen MR) is 9.05 cm³/mol. The molecule has 0 rings (SSSR count). The summed E-state index contributed by atoms with van der Waals surface area (Å²) in [5.41, 5.74) is 0. The molecule has 0 aliphatic heterocycles. The van der Waals surface area contributed by atoms with Gasteiger partial charge in [0.15, 0.2) is 0 Å². The Labute approximate surface area is 37.4 Å². The molecule has 1 radical (unpaired) electrons. The van der Waals surface area contributed by atoms with Crippen LogP contribution in [-0.4, -0.2) is 6.08 Å². The molecule has 0 aromatic heterocycles. The Balaban J connectivity index is 0. The summed E-state index contributed by atoms with van der Waals surface area (Å²) in [4.78, 5) is 8.24. The molecule has 0 unspecified atom stereocenters. The molecule has 0 saturated carbocycles. The molecule has 2 nitrogen and oxygen atoms in total. The average molecular weight is 228 g/mol. The number of isocyanates is 1. The van der Waals surface area contributed by atoms with Gasteiger partial charge in [-0.25, -0.2) is 0 Å². The van der Waals surface area contributed by atoms with Crippen LogP contribution in [0.4, 0.5) is 0 Å². The standard InChI is InChI=1S/CNO.Re/c2-1-3;/q-1;. The quantitative estimate of drug-likeness (QED) is 0.421. The molecule has 0 fully saturated rings. The molecule has 0 aliphatic carbocycles. The third-order valence-electron chi connectivity index (χ3n) is 0. The van der Waals surface area contributed by atoms with Gasteiger partial charge in [-0.3, -0.25) is 4.79 Å². The van der Waals surface area contributed by atoms with Crippen LogP contribution >= 0.6 is 0 Å². The van der Waals surface area contributed by atoms with E-state index in [0.29, 0.717) is 6.08 Å². The zero-order valence-electron chi connectivity index (χ0n) is 1.73. The second-order valence-electron chi connectivity index (χ2n) is 0.0913. The van der Waals surface area contributed by atoms with Crippen LogP contribution < -0.4 is 0 Å². The van der Waals surface area contributed by atoms with Crippen molar-refractivity contribution in [1.29, 1.82) is 0 Å². The Morgan fingerprint density at radius 1 is 1.75 bits per heavy atom. The topological polar surface area (TPSA) is 39.4 Å². The van der Waals surface area contributed by atoms with Gasteiger partial charge in [-0.2, -0.15) is 0 Å². The van der Waals surface area contributed by atoms with E-state index >= 15 is 0 Å². The molecule has 0 heterocycles. The number of rotatable bonds is 0. The second kappa shape index (κ2) is 11.7. The molecule has 0 spiro atoms. The van der Waals surface area contributed by atoms with Crippen LogP contribution in [0.2, 0.25) is 0 Å². The molecule has 0 atom stereocenters. The van der Waals surface area contributed by atoms with Crippen LogP contribution in [-0.2, 0) is 25.2 Å². The van der Waals surface area contributed by atoms with Gasteiger partial charge in [-0.05, 0) is 6.08 Å². The van der Waals surface area contributed by atoms with Crippen molar-refractivity contribution in [2.75, 3.05) is 0 Å². The summed E-state index contributed by atoms with van der Waals surface area (Å²) in [5.74, 6) is 0. The van der Waals surface area contributed by atoms with Crippen LogP contribution in [0, 0.1) is 0 Å². The summed E-state index contributed by atoms with van der Waals surface area (Å²) in [5, 5.41) is 6.76. The van der Waals surface area contributed by atoms with E-state index in [2.05, 4.69) is 0 Å². The number of carbonyl (C=O) groups excluding carboxylic acids is 1. The Morgan fingerprint density at radius 2 is 1.75 bits per heavy atom. The van der Waals surface area contributed by atoms with Gasteiger partial charge < -0.3 is 5.41 Å². The summed E-state index contributed by atoms with van der Waals surface area (Å²) in [6.07, 6.45) is 0.500. The largest absolute Gasteiger partial charge is 0.724 e. The van der Waals surface area contributed by atoms with Crippen LogP contribution in [0.3, 0.4) is 0 Å². The summed E-state index contributed by atoms with van der Waals surface area (Å²) >= 11 is 0. The van der Waals surface area contributed by atoms with Gasteiger partial charge in [-0.15, -0.1) is 0 Å². The Hall–Kier alpha value is 0.0423. The summed E-state index contributed by atoms with van der Waals surface area (Å²) in [6.45, 7) is 0. The van der Waals surface area contributed by atoms with Gasteiger partial charge in [0.1, 0.15) is 0 Å². The van der Waals surface area contributed by atoms with Crippen molar-refractivity contribution in [3.63, 3.8) is 0 Å². The SMILES string of the molecule is [N-]=C=O.[Re]. The van der Waals surface area contributed by atoms with Crippen molar-refractivity contribution in [3.05, 3.63) is 5.41 Å². The van der Waals surface area contributed by atoms with Crippen LogP contribution in [0.25, 0.3) is 5.41 Å². The third kappa shape index (κ3) is 1240. The maximum Gasteiger partial charge on any atom is 0 e. The van der Waals surface area contributed by atoms with Crippen molar-refractivity contribution in [3.8, 4) is 0 Å². The molecule has 0 N–H and O–H groups in total. The average Bonchev–Trinajstić information content (AvgIpc) is 0.918. The van der Waals surface area contributed by atoms with Crippen molar-refractivity contribution >= 4 is 6.08 Å². The van der Waals surface area contributed by atoms with E-state index < -0.39 is 0 Å². The van der Waals surface area contributed by atoms with Gasteiger partial charge in [0, 0.05) is 20.4 Å². The van der Waals surface area contributed by atoms with E-state index in [1.807, 2.05) is 0 Å². The Morgan fingerprint density at radius 3 is 1.75 bits per heavy atom. The fourth-order valence-corrected chi connectivity index (χ4v) is 0. The van der Waals surface area contributed by atoms with E-state index in [-0.39, 0.29) is 20.4 Å². The van der Waals surface area contributed by atoms with Crippen LogP contribution in [0.1, 0.15) is 0 Å². The van der Waals surface area contributed by atoms with Crippen LogP contribution in [0.5, 0.6) is 0 Å². The zero-order valence-corrected chi connectivity index (χ0v) is 4.45. The maximum atomic E-state index is 8.24. The van der Waals surface area contributed by atoms with Crippen LogP contribution in [0.15, 0.2) is 0 Å². The summed E-state index contributed by atoms with van der Waals surface area (Å²) in [7, 11) is 0. The minimum absolute atomic E-state index is 0. The fraction of sp³-hybridized carbons (Fsp3) is 0. The molecule has 0 aromatic rings. The second-order valence-corrected chi connectivity index (χ2v) is 0.0913. The first-order chi connectivity index (χ1) is 1.41. The molecule has 23 valence electrons. The summed E-state index contributed by atoms with van der Waals surface area (Å²) < 4.78 is 0. The predicted octanol–water partition coefficient (Wildman–Crippen LogP) is -0.111. The van der Waals surface area contributed by atoms with E-state index in [4.69, 9.17) is 10.2 Å². The van der Waals surface area contributed by atoms with E-state index in [1.165, 1.54) is 0 Å². The minimum Gasteiger partial charge on any atom is -0.724 e. The van der Waals surface area contributed by atoms with Gasteiger partial charge in [0.25, 0.3) is 0 Å². The maximum absolute atomic E-state index is 8.24. The smallest absolute Gasteiger partial charge is 0 e. The fourth-order valence-electron chi connectivity index (χ4n) is 0. The molecule has 0 aromatic carbocycles. The van der Waals surface area contributed by atoms with Gasteiger partial charge in [-0.1, -0.05) is 0 Å². The van der Waals surface area contributed by atoms with E-state index in [1.54, 1.807) is 0 Å². The molecular formula is CNORe-. The molecule has 0 saturated heterocycles. The van der Waals surface area contributed by atoms with Gasteiger partial charge >= 0.3 is 0 Å². The molecule has 0 aliphatic rings. The number of hydrogen-bond acceptors (Lipinski definition) is 1. The first-order valence-electron chi connectivity index (χ1n) is 0.428. The number of nitrogens with zero attached hydrogens (tertiary/aromatic N) is 1. The molecular weight excluding hydrogens is 228 g/mol. The molecule has 0 amide bonds. The Kier molecular flexibility index (Phi) is 26.2. The first-order valence-corrected chi connectivity index (χ1v) is 0.428. The normalized spacial score (nSPS) is 2.00. The minimum atomic E-state index is 0. The molecule has 0 bridgehead atoms. The molecule has 3 heteroatoms. The van der Waals surface area contributed by atoms with Gasteiger partial charge in [0.2, 0.25) is 0 Å². The Bertz CT molecular complexity index is 29.0. The third-order valence-corrected chi connectivity index (χ3v) is 0. The zero-order chi connectivity index (χ0) is 2.71. The van der Waals surface area contributed by atoms with Gasteiger partial charge in [0.05, 0.1) is 0 Å². The summed E-state index contributed by atoms with van der Waals surface area (Å²) in [6, 6.07) is 0. The van der Waals surface area contributed by atoms with E-state index in [0.717, 1.165) is 0 Å². The first kappa shape index (κ1) is 8.97. The van der Waals surface area contributed by atoms with E-state index in [9.17, 15) is 0 Å². The molecule has 4 heavy (non-hydrogen) atoms.